The number of nitrogens with one attached hydrogen (secondary N) is 1. The topological polar surface area (TPSA) is 81.4 Å². The molecule has 2 unspecified atom stereocenters. The van der Waals surface area contributed by atoms with Crippen molar-refractivity contribution in [1.29, 1.82) is 0 Å². The third kappa shape index (κ3) is 4.82. The quantitative estimate of drug-likeness (QED) is 0.216. The molecule has 174 valence electrons. The van der Waals surface area contributed by atoms with E-state index in [4.69, 9.17) is 10.3 Å². The maximum atomic E-state index is 14.1. The van der Waals surface area contributed by atoms with E-state index in [-0.39, 0.29) is 5.91 Å². The number of rotatable bonds is 8. The Kier molecular flexibility index (Phi) is 7.27. The van der Waals surface area contributed by atoms with Crippen LogP contribution in [0.5, 0.6) is 0 Å². The second-order valence-electron chi connectivity index (χ2n) is 7.68. The van der Waals surface area contributed by atoms with E-state index in [1.807, 2.05) is 29.0 Å². The standard InChI is InChI=1S/C26H24FN2O3PS/c1-32-33(31,22-5-3-2-4-6-22)25(16-27)18-7-9-19(10-8-18)26(30)29-24-15-20(11-12-23(24)28)21-13-14-34-17-21/h2-15,17,25H,16,28H2,1H3,(H,29,30). The molecule has 0 aliphatic heterocycles. The number of anilines is 2. The minimum absolute atomic E-state index is 0.351. The second-order valence-corrected chi connectivity index (χ2v) is 11.2. The third-order valence-electron chi connectivity index (χ3n) is 5.66. The van der Waals surface area contributed by atoms with Gasteiger partial charge in [-0.3, -0.25) is 9.36 Å². The average molecular weight is 495 g/mol. The Balaban J connectivity index is 1.56. The monoisotopic (exact) mass is 494 g/mol. The summed E-state index contributed by atoms with van der Waals surface area (Å²) in [5.41, 5.74) is 8.90. The van der Waals surface area contributed by atoms with Gasteiger partial charge in [-0.25, -0.2) is 4.39 Å². The summed E-state index contributed by atoms with van der Waals surface area (Å²) < 4.78 is 33.1. The van der Waals surface area contributed by atoms with Crippen molar-refractivity contribution in [2.24, 2.45) is 0 Å². The van der Waals surface area contributed by atoms with E-state index < -0.39 is 19.7 Å². The number of hydrogen-bond donors (Lipinski definition) is 2. The van der Waals surface area contributed by atoms with Crippen LogP contribution in [0.25, 0.3) is 11.1 Å². The molecule has 0 radical (unpaired) electrons. The molecule has 0 aliphatic rings. The van der Waals surface area contributed by atoms with Crippen LogP contribution in [0.2, 0.25) is 0 Å². The number of thiophene rings is 1. The summed E-state index contributed by atoms with van der Waals surface area (Å²) in [5, 5.41) is 7.29. The summed E-state index contributed by atoms with van der Waals surface area (Å²) >= 11 is 1.59. The Hall–Kier alpha value is -3.25. The highest BCUT2D eigenvalue weighted by Gasteiger charge is 2.36. The Morgan fingerprint density at radius 2 is 1.79 bits per heavy atom. The molecule has 8 heteroatoms. The predicted octanol–water partition coefficient (Wildman–Crippen LogP) is 6.51. The summed E-state index contributed by atoms with van der Waals surface area (Å²) in [6.07, 6.45) is 0. The third-order valence-corrected chi connectivity index (χ3v) is 9.16. The molecule has 1 aromatic heterocycles. The molecule has 0 aliphatic carbocycles. The molecule has 0 fully saturated rings. The maximum Gasteiger partial charge on any atom is 0.255 e. The number of alkyl halides is 1. The van der Waals surface area contributed by atoms with Crippen LogP contribution >= 0.6 is 18.7 Å². The first kappa shape index (κ1) is 23.9. The van der Waals surface area contributed by atoms with Gasteiger partial charge in [-0.15, -0.1) is 0 Å². The highest BCUT2D eigenvalue weighted by atomic mass is 32.1. The largest absolute Gasteiger partial charge is 0.397 e. The Morgan fingerprint density at radius 3 is 2.41 bits per heavy atom. The highest BCUT2D eigenvalue weighted by Crippen LogP contribution is 2.58. The van der Waals surface area contributed by atoms with Crippen LogP contribution < -0.4 is 16.4 Å². The summed E-state index contributed by atoms with van der Waals surface area (Å²) in [6.45, 7) is -0.864. The molecule has 0 spiro atoms. The van der Waals surface area contributed by atoms with Crippen LogP contribution in [0.3, 0.4) is 0 Å². The van der Waals surface area contributed by atoms with E-state index >= 15 is 0 Å². The van der Waals surface area contributed by atoms with Gasteiger partial charge >= 0.3 is 0 Å². The van der Waals surface area contributed by atoms with Gasteiger partial charge in [0, 0.05) is 18.0 Å². The molecule has 2 atom stereocenters. The van der Waals surface area contributed by atoms with E-state index in [9.17, 15) is 13.8 Å². The number of hydrogen-bond acceptors (Lipinski definition) is 5. The lowest BCUT2D eigenvalue weighted by molar-refractivity contribution is 0.102. The number of halogens is 1. The van der Waals surface area contributed by atoms with Crippen molar-refractivity contribution in [1.82, 2.24) is 0 Å². The average Bonchev–Trinajstić information content (AvgIpc) is 3.41. The van der Waals surface area contributed by atoms with Gasteiger partial charge in [-0.05, 0) is 69.9 Å². The van der Waals surface area contributed by atoms with Crippen molar-refractivity contribution in [2.75, 3.05) is 24.8 Å². The van der Waals surface area contributed by atoms with Crippen LogP contribution in [0.4, 0.5) is 15.8 Å². The lowest BCUT2D eigenvalue weighted by Gasteiger charge is -2.25. The summed E-state index contributed by atoms with van der Waals surface area (Å²) in [7, 11) is -2.18. The van der Waals surface area contributed by atoms with E-state index in [1.165, 1.54) is 7.11 Å². The van der Waals surface area contributed by atoms with E-state index in [2.05, 4.69) is 5.32 Å². The molecular formula is C26H24FN2O3PS. The van der Waals surface area contributed by atoms with E-state index in [1.54, 1.807) is 72.0 Å². The fourth-order valence-corrected chi connectivity index (χ4v) is 6.57. The van der Waals surface area contributed by atoms with Gasteiger partial charge in [0.1, 0.15) is 6.67 Å². The van der Waals surface area contributed by atoms with Crippen LogP contribution in [0.1, 0.15) is 21.6 Å². The first-order valence-electron chi connectivity index (χ1n) is 10.6. The van der Waals surface area contributed by atoms with Gasteiger partial charge in [0.15, 0.2) is 0 Å². The van der Waals surface area contributed by atoms with Gasteiger partial charge < -0.3 is 15.6 Å². The zero-order chi connectivity index (χ0) is 24.1. The molecular weight excluding hydrogens is 470 g/mol. The SMILES string of the molecule is COP(=O)(c1ccccc1)C(CF)c1ccc(C(=O)Nc2cc(-c3ccsc3)ccc2N)cc1. The fourth-order valence-electron chi connectivity index (χ4n) is 3.75. The second kappa shape index (κ2) is 10.3. The Labute approximate surface area is 201 Å². The molecule has 0 bridgehead atoms. The van der Waals surface area contributed by atoms with Crippen molar-refractivity contribution in [3.05, 3.63) is 101 Å². The number of benzene rings is 3. The van der Waals surface area contributed by atoms with Gasteiger partial charge in [0.2, 0.25) is 7.37 Å². The molecule has 3 aromatic carbocycles. The number of amides is 1. The van der Waals surface area contributed by atoms with Gasteiger partial charge in [-0.2, -0.15) is 11.3 Å². The van der Waals surface area contributed by atoms with Gasteiger partial charge in [0.25, 0.3) is 5.91 Å². The molecule has 1 amide bonds. The number of nitrogen functional groups attached to an aromatic ring is 1. The fraction of sp³-hybridized carbons (Fsp3) is 0.115. The van der Waals surface area contributed by atoms with Crippen molar-refractivity contribution < 1.29 is 18.3 Å². The van der Waals surface area contributed by atoms with Crippen molar-refractivity contribution in [3.63, 3.8) is 0 Å². The molecule has 3 N–H and O–H groups in total. The molecule has 0 saturated heterocycles. The zero-order valence-corrected chi connectivity index (χ0v) is 20.2. The lowest BCUT2D eigenvalue weighted by Crippen LogP contribution is -2.16. The molecule has 34 heavy (non-hydrogen) atoms. The van der Waals surface area contributed by atoms with Gasteiger partial charge in [0.05, 0.1) is 17.0 Å². The predicted molar refractivity (Wildman–Crippen MR) is 138 cm³/mol. The number of carbonyl (C=O) groups excluding carboxylic acids is 1. The summed E-state index contributed by atoms with van der Waals surface area (Å²) in [4.78, 5) is 12.9. The minimum atomic E-state index is -3.51. The normalized spacial score (nSPS) is 13.7. The molecule has 4 rings (SSSR count). The van der Waals surface area contributed by atoms with Crippen molar-refractivity contribution in [3.8, 4) is 11.1 Å². The van der Waals surface area contributed by atoms with Crippen LogP contribution in [0.15, 0.2) is 89.6 Å². The van der Waals surface area contributed by atoms with Crippen molar-refractivity contribution in [2.45, 2.75) is 5.66 Å². The molecule has 4 aromatic rings. The first-order chi connectivity index (χ1) is 16.5. The summed E-state index contributed by atoms with van der Waals surface area (Å²) in [6, 6.07) is 22.5. The van der Waals surface area contributed by atoms with Crippen LogP contribution in [0, 0.1) is 0 Å². The maximum absolute atomic E-state index is 14.1. The van der Waals surface area contributed by atoms with Crippen LogP contribution in [-0.4, -0.2) is 19.7 Å². The van der Waals surface area contributed by atoms with Gasteiger partial charge in [-0.1, -0.05) is 36.4 Å². The summed E-state index contributed by atoms with van der Waals surface area (Å²) in [5.74, 6) is -0.351. The Morgan fingerprint density at radius 1 is 1.06 bits per heavy atom. The van der Waals surface area contributed by atoms with E-state index in [0.29, 0.717) is 27.8 Å². The lowest BCUT2D eigenvalue weighted by atomic mass is 10.1. The zero-order valence-electron chi connectivity index (χ0n) is 18.5. The highest BCUT2D eigenvalue weighted by molar-refractivity contribution is 7.67. The number of carbonyl (C=O) groups is 1. The number of nitrogens with two attached hydrogens (primary N) is 1. The Bertz CT molecular complexity index is 1310. The smallest absolute Gasteiger partial charge is 0.255 e. The van der Waals surface area contributed by atoms with E-state index in [0.717, 1.165) is 11.1 Å². The van der Waals surface area contributed by atoms with Crippen molar-refractivity contribution >= 4 is 41.3 Å². The minimum Gasteiger partial charge on any atom is -0.397 e. The molecule has 5 nitrogen and oxygen atoms in total. The molecule has 1 heterocycles. The first-order valence-corrected chi connectivity index (χ1v) is 13.2. The van der Waals surface area contributed by atoms with Crippen LogP contribution in [-0.2, 0) is 9.09 Å². The molecule has 0 saturated carbocycles.